The molecule has 0 aliphatic heterocycles. The fourth-order valence-corrected chi connectivity index (χ4v) is 1.95. The number of benzene rings is 1. The maximum absolute atomic E-state index is 12.3. The summed E-state index contributed by atoms with van der Waals surface area (Å²) in [7, 11) is 0. The molecular formula is C16H26N2O. The van der Waals surface area contributed by atoms with E-state index in [0.29, 0.717) is 19.0 Å². The van der Waals surface area contributed by atoms with E-state index >= 15 is 0 Å². The number of hydrogen-bond acceptors (Lipinski definition) is 2. The van der Waals surface area contributed by atoms with Gasteiger partial charge in [0.05, 0.1) is 0 Å². The number of hydrogen-bond donors (Lipinski definition) is 1. The highest BCUT2D eigenvalue weighted by Gasteiger charge is 2.16. The topological polar surface area (TPSA) is 32.3 Å². The lowest BCUT2D eigenvalue weighted by atomic mass is 10.1. The number of carbonyl (C=O) groups excluding carboxylic acids is 1. The maximum atomic E-state index is 12.3. The molecule has 0 saturated carbocycles. The van der Waals surface area contributed by atoms with Crippen molar-refractivity contribution in [3.8, 4) is 0 Å². The van der Waals surface area contributed by atoms with Crippen LogP contribution in [0.25, 0.3) is 0 Å². The maximum Gasteiger partial charge on any atom is 0.224 e. The van der Waals surface area contributed by atoms with Gasteiger partial charge in [0.25, 0.3) is 0 Å². The van der Waals surface area contributed by atoms with Crippen LogP contribution >= 0.6 is 0 Å². The highest BCUT2D eigenvalue weighted by atomic mass is 16.2. The molecule has 0 atom stereocenters. The average Bonchev–Trinajstić information content (AvgIpc) is 2.36. The van der Waals surface area contributed by atoms with Crippen molar-refractivity contribution in [2.24, 2.45) is 0 Å². The van der Waals surface area contributed by atoms with Gasteiger partial charge in [-0.3, -0.25) is 4.79 Å². The molecule has 0 aromatic heterocycles. The Morgan fingerprint density at radius 1 is 1.16 bits per heavy atom. The van der Waals surface area contributed by atoms with E-state index in [1.165, 1.54) is 5.56 Å². The van der Waals surface area contributed by atoms with Gasteiger partial charge in [0.2, 0.25) is 5.91 Å². The molecule has 1 rings (SSSR count). The molecule has 1 aromatic rings. The van der Waals surface area contributed by atoms with Gasteiger partial charge in [-0.25, -0.2) is 0 Å². The van der Waals surface area contributed by atoms with Gasteiger partial charge in [0.1, 0.15) is 0 Å². The van der Waals surface area contributed by atoms with Crippen molar-refractivity contribution in [1.82, 2.24) is 10.2 Å². The first-order valence-electron chi connectivity index (χ1n) is 7.07. The Kier molecular flexibility index (Phi) is 6.57. The second-order valence-corrected chi connectivity index (χ2v) is 5.46. The van der Waals surface area contributed by atoms with E-state index in [4.69, 9.17) is 0 Å². The molecule has 0 fully saturated rings. The van der Waals surface area contributed by atoms with Crippen LogP contribution in [0.15, 0.2) is 30.3 Å². The summed E-state index contributed by atoms with van der Waals surface area (Å²) < 4.78 is 0. The van der Waals surface area contributed by atoms with Gasteiger partial charge in [0, 0.05) is 31.6 Å². The standard InChI is InChI=1S/C16H26N2O/c1-13(2)17-11-10-16(19)18(14(3)4)12-15-8-6-5-7-9-15/h5-9,13-14,17H,10-12H2,1-4H3. The predicted octanol–water partition coefficient (Wildman–Crippen LogP) is 2.81. The number of rotatable bonds is 7. The molecular weight excluding hydrogens is 236 g/mol. The quantitative estimate of drug-likeness (QED) is 0.819. The second-order valence-electron chi connectivity index (χ2n) is 5.46. The Hall–Kier alpha value is -1.35. The molecule has 1 amide bonds. The Bertz CT molecular complexity index is 374. The molecule has 106 valence electrons. The second kappa shape index (κ2) is 7.95. The molecule has 0 unspecified atom stereocenters. The summed E-state index contributed by atoms with van der Waals surface area (Å²) in [5.74, 6) is 0.215. The molecule has 0 spiro atoms. The van der Waals surface area contributed by atoms with Crippen LogP contribution in [0.1, 0.15) is 39.7 Å². The molecule has 0 saturated heterocycles. The third kappa shape index (κ3) is 5.88. The molecule has 0 radical (unpaired) electrons. The van der Waals surface area contributed by atoms with Crippen molar-refractivity contribution in [3.63, 3.8) is 0 Å². The van der Waals surface area contributed by atoms with Crippen LogP contribution < -0.4 is 5.32 Å². The smallest absolute Gasteiger partial charge is 0.224 e. The van der Waals surface area contributed by atoms with Gasteiger partial charge in [-0.15, -0.1) is 0 Å². The minimum absolute atomic E-state index is 0.215. The average molecular weight is 262 g/mol. The Morgan fingerprint density at radius 2 is 1.79 bits per heavy atom. The zero-order chi connectivity index (χ0) is 14.3. The number of amides is 1. The van der Waals surface area contributed by atoms with Gasteiger partial charge in [0.15, 0.2) is 0 Å². The van der Waals surface area contributed by atoms with Crippen LogP contribution in [-0.4, -0.2) is 29.4 Å². The van der Waals surface area contributed by atoms with Crippen LogP contribution in [-0.2, 0) is 11.3 Å². The molecule has 0 bridgehead atoms. The molecule has 0 heterocycles. The number of nitrogens with zero attached hydrogens (tertiary/aromatic N) is 1. The minimum Gasteiger partial charge on any atom is -0.336 e. The van der Waals surface area contributed by atoms with Crippen molar-refractivity contribution in [3.05, 3.63) is 35.9 Å². The summed E-state index contributed by atoms with van der Waals surface area (Å²) in [4.78, 5) is 14.2. The molecule has 19 heavy (non-hydrogen) atoms. The first-order chi connectivity index (χ1) is 9.00. The Balaban J connectivity index is 2.55. The first-order valence-corrected chi connectivity index (χ1v) is 7.07. The normalized spacial score (nSPS) is 11.1. The Labute approximate surface area is 117 Å². The lowest BCUT2D eigenvalue weighted by Gasteiger charge is -2.27. The van der Waals surface area contributed by atoms with E-state index < -0.39 is 0 Å². The van der Waals surface area contributed by atoms with Crippen LogP contribution in [0, 0.1) is 0 Å². The lowest BCUT2D eigenvalue weighted by molar-refractivity contribution is -0.133. The molecule has 1 N–H and O–H groups in total. The van der Waals surface area contributed by atoms with Crippen molar-refractivity contribution in [2.45, 2.75) is 52.7 Å². The van der Waals surface area contributed by atoms with E-state index in [0.717, 1.165) is 6.54 Å². The summed E-state index contributed by atoms with van der Waals surface area (Å²) in [5, 5.41) is 3.29. The Morgan fingerprint density at radius 3 is 2.32 bits per heavy atom. The monoisotopic (exact) mass is 262 g/mol. The van der Waals surface area contributed by atoms with Crippen molar-refractivity contribution < 1.29 is 4.79 Å². The van der Waals surface area contributed by atoms with E-state index in [1.54, 1.807) is 0 Å². The fraction of sp³-hybridized carbons (Fsp3) is 0.562. The van der Waals surface area contributed by atoms with Gasteiger partial charge < -0.3 is 10.2 Å². The number of nitrogens with one attached hydrogen (secondary N) is 1. The van der Waals surface area contributed by atoms with Gasteiger partial charge in [-0.1, -0.05) is 44.2 Å². The van der Waals surface area contributed by atoms with Crippen LogP contribution in [0.3, 0.4) is 0 Å². The van der Waals surface area contributed by atoms with Crippen LogP contribution in [0.4, 0.5) is 0 Å². The SMILES string of the molecule is CC(C)NCCC(=O)N(Cc1ccccc1)C(C)C. The number of carbonyl (C=O) groups is 1. The summed E-state index contributed by atoms with van der Waals surface area (Å²) in [6.07, 6.45) is 0.559. The van der Waals surface area contributed by atoms with Gasteiger partial charge in [-0.05, 0) is 19.4 Å². The van der Waals surface area contributed by atoms with E-state index in [-0.39, 0.29) is 11.9 Å². The van der Waals surface area contributed by atoms with Gasteiger partial charge in [-0.2, -0.15) is 0 Å². The van der Waals surface area contributed by atoms with Crippen molar-refractivity contribution in [2.75, 3.05) is 6.54 Å². The van der Waals surface area contributed by atoms with Gasteiger partial charge >= 0.3 is 0 Å². The summed E-state index contributed by atoms with van der Waals surface area (Å²) >= 11 is 0. The molecule has 3 nitrogen and oxygen atoms in total. The lowest BCUT2D eigenvalue weighted by Crippen LogP contribution is -2.38. The summed E-state index contributed by atoms with van der Waals surface area (Å²) in [5.41, 5.74) is 1.18. The third-order valence-electron chi connectivity index (χ3n) is 3.03. The van der Waals surface area contributed by atoms with Crippen LogP contribution in [0.2, 0.25) is 0 Å². The molecule has 0 aliphatic carbocycles. The van der Waals surface area contributed by atoms with Crippen molar-refractivity contribution in [1.29, 1.82) is 0 Å². The molecule has 1 aromatic carbocycles. The molecule has 0 aliphatic rings. The first kappa shape index (κ1) is 15.7. The zero-order valence-corrected chi connectivity index (χ0v) is 12.5. The van der Waals surface area contributed by atoms with Crippen molar-refractivity contribution >= 4 is 5.91 Å². The fourth-order valence-electron chi connectivity index (χ4n) is 1.95. The van der Waals surface area contributed by atoms with E-state index in [9.17, 15) is 4.79 Å². The third-order valence-corrected chi connectivity index (χ3v) is 3.03. The van der Waals surface area contributed by atoms with Crippen LogP contribution in [0.5, 0.6) is 0 Å². The highest BCUT2D eigenvalue weighted by molar-refractivity contribution is 5.76. The minimum atomic E-state index is 0.215. The largest absolute Gasteiger partial charge is 0.336 e. The molecule has 3 heteroatoms. The summed E-state index contributed by atoms with van der Waals surface area (Å²) in [6, 6.07) is 10.8. The summed E-state index contributed by atoms with van der Waals surface area (Å²) in [6.45, 7) is 9.75. The van der Waals surface area contributed by atoms with E-state index in [2.05, 4.69) is 45.1 Å². The van der Waals surface area contributed by atoms with E-state index in [1.807, 2.05) is 23.1 Å². The highest BCUT2D eigenvalue weighted by Crippen LogP contribution is 2.09. The predicted molar refractivity (Wildman–Crippen MR) is 79.9 cm³/mol. The zero-order valence-electron chi connectivity index (χ0n) is 12.5.